The molecule has 3 rings (SSSR count). The lowest BCUT2D eigenvalue weighted by Gasteiger charge is -2.48. The first-order chi connectivity index (χ1) is 23.9. The molecular weight excluding hydrogens is 676 g/mol. The second kappa shape index (κ2) is 17.8. The predicted molar refractivity (Wildman–Crippen MR) is 194 cm³/mol. The number of carbonyl (C=O) groups excluding carboxylic acids is 1. The average molecular weight is 749 g/mol. The molecule has 306 valence electrons. The Bertz CT molecular complexity index is 1140. The fourth-order valence-electron chi connectivity index (χ4n) is 8.74. The molecule has 14 nitrogen and oxygen atoms in total. The molecule has 3 saturated heterocycles. The smallest absolute Gasteiger partial charge is 0.311 e. The standard InChI is InChI=1S/C38H72N2O12/c1-15-27-38(10,46)31(42)24(6)40(13)19-20(2)17-36(8,45)33(52-35-29(41)26(39(11)12)16-21(3)48-35)22(4)30(23(5)34(44)50-27)51-28-18-37(9,47-14)32(43)25(7)49-28/h20-33,35,41-43,45-46H,15-19H2,1-14H3/t20?,21?,22?,23?,24?,25?,26?,27-,28?,29?,30?,31?,32?,33?,35?,36?,37?,38?/m1/s1. The van der Waals surface area contributed by atoms with Crippen molar-refractivity contribution in [1.82, 2.24) is 9.80 Å². The molecule has 3 heterocycles. The van der Waals surface area contributed by atoms with Crippen LogP contribution in [-0.4, -0.2) is 166 Å². The Labute approximate surface area is 312 Å². The Morgan fingerprint density at radius 3 is 2.12 bits per heavy atom. The van der Waals surface area contributed by atoms with Gasteiger partial charge in [-0.05, 0) is 94.8 Å². The Hall–Kier alpha value is -1.01. The maximum absolute atomic E-state index is 14.2. The summed E-state index contributed by atoms with van der Waals surface area (Å²) in [6, 6.07) is -0.808. The van der Waals surface area contributed by atoms with Gasteiger partial charge in [-0.25, -0.2) is 0 Å². The van der Waals surface area contributed by atoms with E-state index in [2.05, 4.69) is 0 Å². The van der Waals surface area contributed by atoms with Crippen molar-refractivity contribution in [2.75, 3.05) is 34.8 Å². The molecule has 0 bridgehead atoms. The molecule has 52 heavy (non-hydrogen) atoms. The van der Waals surface area contributed by atoms with Crippen molar-refractivity contribution in [2.45, 2.75) is 185 Å². The predicted octanol–water partition coefficient (Wildman–Crippen LogP) is 1.90. The third-order valence-corrected chi connectivity index (χ3v) is 12.2. The fourth-order valence-corrected chi connectivity index (χ4v) is 8.74. The summed E-state index contributed by atoms with van der Waals surface area (Å²) in [6.07, 6.45) is -8.19. The van der Waals surface area contributed by atoms with Gasteiger partial charge in [0.15, 0.2) is 12.6 Å². The zero-order valence-corrected chi connectivity index (χ0v) is 34.2. The molecule has 0 aromatic rings. The first kappa shape index (κ1) is 45.4. The van der Waals surface area contributed by atoms with Gasteiger partial charge in [0.1, 0.15) is 30.0 Å². The van der Waals surface area contributed by atoms with E-state index in [-0.39, 0.29) is 37.3 Å². The minimum Gasteiger partial charge on any atom is -0.459 e. The number of methoxy groups -OCH3 is 1. The maximum atomic E-state index is 14.2. The van der Waals surface area contributed by atoms with Crippen molar-refractivity contribution in [3.8, 4) is 0 Å². The average Bonchev–Trinajstić information content (AvgIpc) is 3.05. The van der Waals surface area contributed by atoms with E-state index in [9.17, 15) is 30.3 Å². The molecule has 0 radical (unpaired) electrons. The van der Waals surface area contributed by atoms with Crippen LogP contribution in [0, 0.1) is 17.8 Å². The van der Waals surface area contributed by atoms with Gasteiger partial charge >= 0.3 is 5.97 Å². The molecule has 3 aliphatic rings. The van der Waals surface area contributed by atoms with E-state index in [1.54, 1.807) is 41.5 Å². The molecular formula is C38H72N2O12. The van der Waals surface area contributed by atoms with E-state index in [1.807, 2.05) is 51.7 Å². The van der Waals surface area contributed by atoms with Crippen molar-refractivity contribution < 1.29 is 58.7 Å². The summed E-state index contributed by atoms with van der Waals surface area (Å²) in [5.41, 5.74) is -4.37. The number of carbonyl (C=O) groups is 1. The highest BCUT2D eigenvalue weighted by Crippen LogP contribution is 2.40. The number of hydrogen-bond donors (Lipinski definition) is 5. The van der Waals surface area contributed by atoms with Crippen LogP contribution in [0.4, 0.5) is 0 Å². The summed E-state index contributed by atoms with van der Waals surface area (Å²) >= 11 is 0. The Morgan fingerprint density at radius 1 is 0.942 bits per heavy atom. The molecule has 3 fully saturated rings. The van der Waals surface area contributed by atoms with Crippen LogP contribution in [0.1, 0.15) is 94.9 Å². The van der Waals surface area contributed by atoms with Gasteiger partial charge in [-0.3, -0.25) is 4.79 Å². The first-order valence-corrected chi connectivity index (χ1v) is 19.1. The summed E-state index contributed by atoms with van der Waals surface area (Å²) in [4.78, 5) is 18.0. The lowest BCUT2D eigenvalue weighted by molar-refractivity contribution is -0.318. The monoisotopic (exact) mass is 749 g/mol. The van der Waals surface area contributed by atoms with E-state index in [4.69, 9.17) is 28.4 Å². The molecule has 0 saturated carbocycles. The Balaban J connectivity index is 2.17. The molecule has 0 aromatic heterocycles. The van der Waals surface area contributed by atoms with Gasteiger partial charge in [-0.1, -0.05) is 20.8 Å². The third kappa shape index (κ3) is 10.0. The van der Waals surface area contributed by atoms with Crippen molar-refractivity contribution in [3.05, 3.63) is 0 Å². The third-order valence-electron chi connectivity index (χ3n) is 12.2. The van der Waals surface area contributed by atoms with Crippen LogP contribution in [0.5, 0.6) is 0 Å². The fraction of sp³-hybridized carbons (Fsp3) is 0.974. The van der Waals surface area contributed by atoms with Gasteiger partial charge in [-0.15, -0.1) is 0 Å². The van der Waals surface area contributed by atoms with Crippen LogP contribution >= 0.6 is 0 Å². The van der Waals surface area contributed by atoms with E-state index in [0.717, 1.165) is 0 Å². The minimum absolute atomic E-state index is 0.133. The van der Waals surface area contributed by atoms with Crippen LogP contribution in [0.3, 0.4) is 0 Å². The highest BCUT2D eigenvalue weighted by Gasteiger charge is 2.52. The molecule has 18 atom stereocenters. The van der Waals surface area contributed by atoms with Crippen LogP contribution in [0.25, 0.3) is 0 Å². The second-order valence-corrected chi connectivity index (χ2v) is 17.2. The highest BCUT2D eigenvalue weighted by atomic mass is 16.7. The Morgan fingerprint density at radius 2 is 1.56 bits per heavy atom. The van der Waals surface area contributed by atoms with Crippen LogP contribution in [0.2, 0.25) is 0 Å². The molecule has 0 spiro atoms. The number of ether oxygens (including phenoxy) is 6. The van der Waals surface area contributed by atoms with Gasteiger partial charge in [0.2, 0.25) is 0 Å². The molecule has 14 heteroatoms. The van der Waals surface area contributed by atoms with Crippen LogP contribution in [-0.2, 0) is 33.2 Å². The maximum Gasteiger partial charge on any atom is 0.311 e. The topological polar surface area (TPSA) is 180 Å². The number of cyclic esters (lactones) is 1. The largest absolute Gasteiger partial charge is 0.459 e. The zero-order chi connectivity index (χ0) is 39.7. The van der Waals surface area contributed by atoms with E-state index < -0.39 is 96.0 Å². The van der Waals surface area contributed by atoms with Crippen LogP contribution < -0.4 is 0 Å². The summed E-state index contributed by atoms with van der Waals surface area (Å²) in [7, 11) is 7.12. The van der Waals surface area contributed by atoms with E-state index in [1.165, 1.54) is 14.0 Å². The summed E-state index contributed by atoms with van der Waals surface area (Å²) in [5.74, 6) is -2.58. The Kier molecular flexibility index (Phi) is 15.6. The normalized spacial score (nSPS) is 49.6. The second-order valence-electron chi connectivity index (χ2n) is 17.2. The molecule has 5 N–H and O–H groups in total. The van der Waals surface area contributed by atoms with Gasteiger partial charge in [0.05, 0.1) is 41.5 Å². The zero-order valence-electron chi connectivity index (χ0n) is 34.2. The van der Waals surface area contributed by atoms with Gasteiger partial charge in [0, 0.05) is 38.1 Å². The number of esters is 1. The number of aliphatic hydroxyl groups excluding tert-OH is 3. The molecule has 0 aromatic carbocycles. The minimum atomic E-state index is -1.80. The first-order valence-electron chi connectivity index (χ1n) is 19.1. The van der Waals surface area contributed by atoms with Crippen LogP contribution in [0.15, 0.2) is 0 Å². The molecule has 0 aliphatic carbocycles. The summed E-state index contributed by atoms with van der Waals surface area (Å²) < 4.78 is 37.5. The number of likely N-dealkylation sites (N-methyl/N-ethyl adjacent to an activating group) is 2. The van der Waals surface area contributed by atoms with Crippen molar-refractivity contribution in [3.63, 3.8) is 0 Å². The number of hydrogen-bond acceptors (Lipinski definition) is 14. The quantitative estimate of drug-likeness (QED) is 0.238. The van der Waals surface area contributed by atoms with Gasteiger partial charge in [0.25, 0.3) is 0 Å². The lowest BCUT2D eigenvalue weighted by Crippen LogP contribution is -2.60. The van der Waals surface area contributed by atoms with E-state index in [0.29, 0.717) is 13.0 Å². The lowest BCUT2D eigenvalue weighted by atomic mass is 9.77. The summed E-state index contributed by atoms with van der Waals surface area (Å²) in [5, 5.41) is 58.1. The molecule has 3 aliphatic heterocycles. The van der Waals surface area contributed by atoms with Gasteiger partial charge in [-0.2, -0.15) is 0 Å². The van der Waals surface area contributed by atoms with Crippen molar-refractivity contribution in [1.29, 1.82) is 0 Å². The van der Waals surface area contributed by atoms with Crippen molar-refractivity contribution >= 4 is 5.97 Å². The number of aliphatic hydroxyl groups is 5. The van der Waals surface area contributed by atoms with Crippen molar-refractivity contribution in [2.24, 2.45) is 17.8 Å². The highest BCUT2D eigenvalue weighted by molar-refractivity contribution is 5.73. The molecule has 0 amide bonds. The SMILES string of the molecule is CC[C@H]1OC(=O)C(C)C(OC2CC(C)(OC)C(O)C(C)O2)C(C)C(OC2OC(C)CC(N(C)C)C2O)C(C)(O)CC(C)CN(C)C(C)C(O)C1(C)O. The number of nitrogens with zero attached hydrogens (tertiary/aromatic N) is 2. The van der Waals surface area contributed by atoms with E-state index >= 15 is 0 Å². The molecule has 17 unspecified atom stereocenters. The number of rotatable bonds is 7. The summed E-state index contributed by atoms with van der Waals surface area (Å²) in [6.45, 7) is 18.0. The van der Waals surface area contributed by atoms with Gasteiger partial charge < -0.3 is 63.8 Å².